The first kappa shape index (κ1) is 35.0. The van der Waals surface area contributed by atoms with Crippen LogP contribution in [0.5, 0.6) is 5.75 Å². The van der Waals surface area contributed by atoms with Crippen LogP contribution in [0.3, 0.4) is 0 Å². The lowest BCUT2D eigenvalue weighted by atomic mass is 10.1. The van der Waals surface area contributed by atoms with Crippen LogP contribution in [0.25, 0.3) is 0 Å². The highest BCUT2D eigenvalue weighted by Gasteiger charge is 2.33. The van der Waals surface area contributed by atoms with Crippen molar-refractivity contribution in [2.45, 2.75) is 62.6 Å². The smallest absolute Gasteiger partial charge is 0.410 e. The molecule has 1 aromatic carbocycles. The van der Waals surface area contributed by atoms with Crippen LogP contribution in [0.2, 0.25) is 5.02 Å². The van der Waals surface area contributed by atoms with Gasteiger partial charge in [0.05, 0.1) is 15.5 Å². The van der Waals surface area contributed by atoms with Gasteiger partial charge in [-0.1, -0.05) is 11.6 Å². The van der Waals surface area contributed by atoms with Crippen molar-refractivity contribution in [1.29, 1.82) is 0 Å². The Morgan fingerprint density at radius 1 is 0.927 bits per heavy atom. The van der Waals surface area contributed by atoms with Gasteiger partial charge >= 0.3 is 6.09 Å². The largest absolute Gasteiger partial charge is 0.484 e. The molecule has 2 N–H and O–H groups in total. The number of carbonyl (C=O) groups excluding carboxylic acids is 2. The van der Waals surface area contributed by atoms with Crippen LogP contribution in [0.15, 0.2) is 18.2 Å². The van der Waals surface area contributed by atoms with E-state index in [1.165, 1.54) is 26.2 Å². The van der Waals surface area contributed by atoms with Gasteiger partial charge in [0.25, 0.3) is 5.91 Å². The van der Waals surface area contributed by atoms with E-state index < -0.39 is 42.0 Å². The Balaban J connectivity index is 0.000000296. The van der Waals surface area contributed by atoms with Crippen molar-refractivity contribution in [3.63, 3.8) is 0 Å². The van der Waals surface area contributed by atoms with Crippen molar-refractivity contribution >= 4 is 43.6 Å². The molecule has 16 heteroatoms. The Morgan fingerprint density at radius 2 is 1.39 bits per heavy atom. The zero-order valence-electron chi connectivity index (χ0n) is 24.0. The lowest BCUT2D eigenvalue weighted by Crippen LogP contribution is -2.46. The molecule has 0 aliphatic carbocycles. The number of piperidine rings is 2. The number of carbonyl (C=O) groups is 2. The number of amides is 2. The van der Waals surface area contributed by atoms with E-state index in [9.17, 15) is 30.8 Å². The first-order chi connectivity index (χ1) is 19.0. The predicted octanol–water partition coefficient (Wildman–Crippen LogP) is 2.33. The van der Waals surface area contributed by atoms with E-state index in [-0.39, 0.29) is 23.6 Å². The average Bonchev–Trinajstić information content (AvgIpc) is 2.93. The molecule has 3 rings (SSSR count). The van der Waals surface area contributed by atoms with Crippen molar-refractivity contribution in [3.8, 4) is 5.75 Å². The molecule has 0 atom stereocenters. The number of hydrogen-bond acceptors (Lipinski definition) is 8. The van der Waals surface area contributed by atoms with E-state index in [1.807, 2.05) is 20.8 Å². The summed E-state index contributed by atoms with van der Waals surface area (Å²) >= 11 is 5.64. The number of likely N-dealkylation sites (tertiary alicyclic amines) is 2. The molecule has 0 radical (unpaired) electrons. The van der Waals surface area contributed by atoms with Crippen LogP contribution in [0.1, 0.15) is 46.5 Å². The molecular formula is C25H40ClFN4O8S2. The van der Waals surface area contributed by atoms with Crippen LogP contribution in [0.4, 0.5) is 9.18 Å². The quantitative estimate of drug-likeness (QED) is 0.460. The highest BCUT2D eigenvalue weighted by atomic mass is 35.5. The van der Waals surface area contributed by atoms with Crippen molar-refractivity contribution < 1.29 is 40.3 Å². The predicted molar refractivity (Wildman–Crippen MR) is 153 cm³/mol. The summed E-state index contributed by atoms with van der Waals surface area (Å²) in [6, 6.07) is 3.85. The van der Waals surface area contributed by atoms with E-state index in [4.69, 9.17) is 21.1 Å². The number of sulfonamides is 2. The summed E-state index contributed by atoms with van der Waals surface area (Å²) in [7, 11) is -3.74. The Hall–Kier alpha value is -2.20. The molecule has 2 saturated heterocycles. The molecule has 2 aliphatic rings. The van der Waals surface area contributed by atoms with Crippen LogP contribution < -0.4 is 14.2 Å². The summed E-state index contributed by atoms with van der Waals surface area (Å²) in [5.41, 5.74) is -0.523. The van der Waals surface area contributed by atoms with Gasteiger partial charge in [-0.05, 0) is 72.7 Å². The molecule has 234 valence electrons. The molecule has 2 fully saturated rings. The maximum absolute atomic E-state index is 13.0. The Morgan fingerprint density at radius 3 is 1.80 bits per heavy atom. The molecule has 2 heterocycles. The number of nitrogens with zero attached hydrogens (tertiary/aromatic N) is 2. The van der Waals surface area contributed by atoms with E-state index >= 15 is 0 Å². The highest BCUT2D eigenvalue weighted by molar-refractivity contribution is 7.90. The van der Waals surface area contributed by atoms with Crippen LogP contribution in [0, 0.1) is 5.82 Å². The summed E-state index contributed by atoms with van der Waals surface area (Å²) < 4.78 is 74.9. The van der Waals surface area contributed by atoms with Crippen molar-refractivity contribution in [2.75, 3.05) is 46.9 Å². The van der Waals surface area contributed by atoms with Gasteiger partial charge in [-0.15, -0.1) is 0 Å². The fourth-order valence-corrected chi connectivity index (χ4v) is 6.73. The third kappa shape index (κ3) is 10.9. The normalized spacial score (nSPS) is 17.4. The molecule has 2 amide bonds. The fraction of sp³-hybridized carbons (Fsp3) is 0.680. The van der Waals surface area contributed by atoms with E-state index in [0.29, 0.717) is 57.6 Å². The van der Waals surface area contributed by atoms with Crippen LogP contribution in [-0.2, 0) is 29.6 Å². The number of halogens is 2. The molecule has 0 unspecified atom stereocenters. The first-order valence-electron chi connectivity index (χ1n) is 13.2. The van der Waals surface area contributed by atoms with E-state index in [2.05, 4.69) is 9.44 Å². The Kier molecular flexibility index (Phi) is 12.6. The number of rotatable bonds is 7. The second-order valence-corrected chi connectivity index (χ2v) is 15.3. The summed E-state index contributed by atoms with van der Waals surface area (Å²) in [5.74, 6) is -0.499. The minimum absolute atomic E-state index is 0.0759. The highest BCUT2D eigenvalue weighted by Crippen LogP contribution is 2.22. The van der Waals surface area contributed by atoms with Crippen molar-refractivity contribution in [2.24, 2.45) is 0 Å². The average molecular weight is 643 g/mol. The molecule has 0 bridgehead atoms. The number of ether oxygens (including phenoxy) is 2. The SMILES string of the molecule is CNS(=O)(=O)C1CCN(C(=O)COc2ccc(F)c(Cl)c2)CC1.CNS(=O)(=O)C1CCN(C(=O)OC(C)(C)C)CC1. The fourth-order valence-electron chi connectivity index (χ4n) is 4.23. The lowest BCUT2D eigenvalue weighted by molar-refractivity contribution is -0.134. The molecule has 41 heavy (non-hydrogen) atoms. The molecule has 0 spiro atoms. The van der Waals surface area contributed by atoms with Gasteiger partial charge in [0, 0.05) is 32.2 Å². The summed E-state index contributed by atoms with van der Waals surface area (Å²) in [4.78, 5) is 27.0. The van der Waals surface area contributed by atoms with E-state index in [1.54, 1.807) is 9.80 Å². The van der Waals surface area contributed by atoms with Gasteiger partial charge in [0.2, 0.25) is 20.0 Å². The monoisotopic (exact) mass is 642 g/mol. The number of hydrogen-bond donors (Lipinski definition) is 2. The van der Waals surface area contributed by atoms with E-state index in [0.717, 1.165) is 6.07 Å². The third-order valence-electron chi connectivity index (χ3n) is 6.59. The molecule has 12 nitrogen and oxygen atoms in total. The topological polar surface area (TPSA) is 151 Å². The minimum atomic E-state index is -3.30. The van der Waals surface area contributed by atoms with Crippen molar-refractivity contribution in [3.05, 3.63) is 29.0 Å². The maximum Gasteiger partial charge on any atom is 0.410 e. The minimum Gasteiger partial charge on any atom is -0.484 e. The molecular weight excluding hydrogens is 603 g/mol. The summed E-state index contributed by atoms with van der Waals surface area (Å²) in [6.45, 7) is 6.78. The number of benzene rings is 1. The van der Waals surface area contributed by atoms with Crippen LogP contribution >= 0.6 is 11.6 Å². The molecule has 0 saturated carbocycles. The van der Waals surface area contributed by atoms with Gasteiger partial charge in [0.1, 0.15) is 17.2 Å². The standard InChI is InChI=1S/C14H18ClFN2O4S.C11H22N2O4S/c1-17-23(20,21)11-4-6-18(7-5-11)14(19)9-22-10-2-3-13(16)12(15)8-10;1-11(2,3)17-10(14)13-7-5-9(6-8-13)18(15,16)12-4/h2-3,8,11,17H,4-7,9H2,1H3;9,12H,5-8H2,1-4H3. The van der Waals surface area contributed by atoms with Gasteiger partial charge in [-0.25, -0.2) is 35.5 Å². The summed E-state index contributed by atoms with van der Waals surface area (Å²) in [6.07, 6.45) is 1.29. The molecule has 2 aliphatic heterocycles. The van der Waals surface area contributed by atoms with Gasteiger partial charge in [-0.3, -0.25) is 4.79 Å². The third-order valence-corrected chi connectivity index (χ3v) is 10.7. The molecule has 0 aromatic heterocycles. The van der Waals surface area contributed by atoms with Crippen LogP contribution in [-0.4, -0.2) is 102 Å². The zero-order chi connectivity index (χ0) is 31.0. The molecule has 1 aromatic rings. The second kappa shape index (κ2) is 14.8. The second-order valence-electron chi connectivity index (χ2n) is 10.6. The van der Waals surface area contributed by atoms with Gasteiger partial charge < -0.3 is 19.3 Å². The lowest BCUT2D eigenvalue weighted by Gasteiger charge is -2.33. The Labute approximate surface area is 247 Å². The van der Waals surface area contributed by atoms with Gasteiger partial charge in [0.15, 0.2) is 6.61 Å². The Bertz CT molecular complexity index is 1260. The zero-order valence-corrected chi connectivity index (χ0v) is 26.4. The van der Waals surface area contributed by atoms with Crippen molar-refractivity contribution in [1.82, 2.24) is 19.2 Å². The van der Waals surface area contributed by atoms with Gasteiger partial charge in [-0.2, -0.15) is 0 Å². The maximum atomic E-state index is 13.0. The number of nitrogens with one attached hydrogen (secondary N) is 2. The summed E-state index contributed by atoms with van der Waals surface area (Å²) in [5, 5.41) is -0.970. The first-order valence-corrected chi connectivity index (χ1v) is 16.6.